The van der Waals surface area contributed by atoms with Crippen molar-refractivity contribution in [2.75, 3.05) is 4.72 Å². The van der Waals surface area contributed by atoms with E-state index < -0.39 is 21.8 Å². The SMILES string of the molecule is O=S(=O)(Nc1ccc(C(F)(F)F)cc1)c1ccc2nsnc2c1. The fraction of sp³-hybridized carbons (Fsp3) is 0.0769. The minimum atomic E-state index is -4.47. The number of nitrogens with zero attached hydrogens (tertiary/aromatic N) is 2. The Balaban J connectivity index is 1.88. The summed E-state index contributed by atoms with van der Waals surface area (Å²) in [6, 6.07) is 7.96. The maximum Gasteiger partial charge on any atom is 0.416 e. The lowest BCUT2D eigenvalue weighted by atomic mass is 10.2. The van der Waals surface area contributed by atoms with Crippen molar-refractivity contribution in [3.63, 3.8) is 0 Å². The van der Waals surface area contributed by atoms with Crippen LogP contribution in [-0.4, -0.2) is 17.2 Å². The highest BCUT2D eigenvalue weighted by atomic mass is 32.2. The number of hydrogen-bond donors (Lipinski definition) is 1. The van der Waals surface area contributed by atoms with Gasteiger partial charge >= 0.3 is 6.18 Å². The number of anilines is 1. The van der Waals surface area contributed by atoms with Gasteiger partial charge < -0.3 is 0 Å². The van der Waals surface area contributed by atoms with E-state index in [1.165, 1.54) is 18.2 Å². The first-order valence-corrected chi connectivity index (χ1v) is 8.39. The highest BCUT2D eigenvalue weighted by Crippen LogP contribution is 2.30. The van der Waals surface area contributed by atoms with Crippen LogP contribution in [0.5, 0.6) is 0 Å². The van der Waals surface area contributed by atoms with E-state index in [1.54, 1.807) is 0 Å². The van der Waals surface area contributed by atoms with Gasteiger partial charge in [-0.25, -0.2) is 8.42 Å². The average Bonchev–Trinajstić information content (AvgIpc) is 2.93. The Labute approximate surface area is 133 Å². The van der Waals surface area contributed by atoms with E-state index in [9.17, 15) is 21.6 Å². The third kappa shape index (κ3) is 3.27. The molecule has 0 fully saturated rings. The van der Waals surface area contributed by atoms with Gasteiger partial charge in [0, 0.05) is 5.69 Å². The molecule has 0 saturated carbocycles. The number of benzene rings is 2. The first kappa shape index (κ1) is 15.7. The summed E-state index contributed by atoms with van der Waals surface area (Å²) >= 11 is 0.958. The Morgan fingerprint density at radius 1 is 0.957 bits per heavy atom. The van der Waals surface area contributed by atoms with E-state index in [0.29, 0.717) is 11.0 Å². The molecule has 0 radical (unpaired) electrons. The molecule has 0 spiro atoms. The van der Waals surface area contributed by atoms with Crippen molar-refractivity contribution >= 4 is 38.5 Å². The van der Waals surface area contributed by atoms with Gasteiger partial charge in [-0.05, 0) is 42.5 Å². The summed E-state index contributed by atoms with van der Waals surface area (Å²) in [6.07, 6.45) is -4.47. The number of aromatic nitrogens is 2. The predicted molar refractivity (Wildman–Crippen MR) is 79.7 cm³/mol. The van der Waals surface area contributed by atoms with Crippen molar-refractivity contribution in [1.29, 1.82) is 0 Å². The zero-order valence-electron chi connectivity index (χ0n) is 11.2. The molecule has 0 amide bonds. The van der Waals surface area contributed by atoms with Crippen LogP contribution in [0.1, 0.15) is 5.56 Å². The van der Waals surface area contributed by atoms with E-state index in [1.807, 2.05) is 0 Å². The quantitative estimate of drug-likeness (QED) is 0.777. The van der Waals surface area contributed by atoms with Crippen LogP contribution in [0.4, 0.5) is 18.9 Å². The molecule has 5 nitrogen and oxygen atoms in total. The van der Waals surface area contributed by atoms with Crippen LogP contribution in [0.25, 0.3) is 11.0 Å². The molecular formula is C13H8F3N3O2S2. The largest absolute Gasteiger partial charge is 0.416 e. The Morgan fingerprint density at radius 3 is 2.26 bits per heavy atom. The molecule has 0 aliphatic heterocycles. The molecule has 3 aromatic rings. The molecule has 1 aromatic heterocycles. The summed E-state index contributed by atoms with van der Waals surface area (Å²) in [4.78, 5) is -0.0439. The molecule has 3 rings (SSSR count). The summed E-state index contributed by atoms with van der Waals surface area (Å²) in [7, 11) is -3.93. The Morgan fingerprint density at radius 2 is 1.61 bits per heavy atom. The molecule has 0 saturated heterocycles. The lowest BCUT2D eigenvalue weighted by molar-refractivity contribution is -0.137. The van der Waals surface area contributed by atoms with Crippen LogP contribution >= 0.6 is 11.7 Å². The molecule has 1 heterocycles. The van der Waals surface area contributed by atoms with Gasteiger partial charge in [0.2, 0.25) is 0 Å². The summed E-state index contributed by atoms with van der Waals surface area (Å²) in [5.41, 5.74) is 0.193. The molecule has 10 heteroatoms. The zero-order valence-corrected chi connectivity index (χ0v) is 12.8. The smallest absolute Gasteiger partial charge is 0.280 e. The number of nitrogens with one attached hydrogen (secondary N) is 1. The van der Waals surface area contributed by atoms with Gasteiger partial charge in [0.1, 0.15) is 11.0 Å². The van der Waals surface area contributed by atoms with E-state index >= 15 is 0 Å². The number of halogens is 3. The molecule has 120 valence electrons. The molecule has 0 aliphatic carbocycles. The van der Waals surface area contributed by atoms with Gasteiger partial charge in [-0.15, -0.1) is 0 Å². The molecule has 0 unspecified atom stereocenters. The molecule has 23 heavy (non-hydrogen) atoms. The van der Waals surface area contributed by atoms with Crippen LogP contribution in [0.3, 0.4) is 0 Å². The van der Waals surface area contributed by atoms with E-state index in [0.717, 1.165) is 36.0 Å². The fourth-order valence-electron chi connectivity index (χ4n) is 1.87. The highest BCUT2D eigenvalue weighted by molar-refractivity contribution is 7.92. The number of hydrogen-bond acceptors (Lipinski definition) is 5. The minimum Gasteiger partial charge on any atom is -0.280 e. The summed E-state index contributed by atoms with van der Waals surface area (Å²) in [5, 5.41) is 0. The van der Waals surface area contributed by atoms with E-state index in [-0.39, 0.29) is 10.6 Å². The van der Waals surface area contributed by atoms with Crippen LogP contribution in [-0.2, 0) is 16.2 Å². The van der Waals surface area contributed by atoms with Gasteiger partial charge in [0.15, 0.2) is 0 Å². The lowest BCUT2D eigenvalue weighted by Crippen LogP contribution is -2.13. The Hall–Kier alpha value is -2.20. The maximum absolute atomic E-state index is 12.5. The first-order valence-electron chi connectivity index (χ1n) is 6.18. The molecule has 1 N–H and O–H groups in total. The van der Waals surface area contributed by atoms with Gasteiger partial charge in [-0.2, -0.15) is 21.9 Å². The van der Waals surface area contributed by atoms with Crippen LogP contribution in [0, 0.1) is 0 Å². The second-order valence-electron chi connectivity index (χ2n) is 4.60. The monoisotopic (exact) mass is 359 g/mol. The molecule has 0 atom stereocenters. The van der Waals surface area contributed by atoms with Crippen LogP contribution in [0.2, 0.25) is 0 Å². The van der Waals surface area contributed by atoms with Gasteiger partial charge in [0.25, 0.3) is 10.0 Å². The maximum atomic E-state index is 12.5. The Kier molecular flexibility index (Phi) is 3.72. The van der Waals surface area contributed by atoms with Crippen molar-refractivity contribution in [1.82, 2.24) is 8.75 Å². The molecular weight excluding hydrogens is 351 g/mol. The number of alkyl halides is 3. The third-order valence-corrected chi connectivity index (χ3v) is 4.94. The lowest BCUT2D eigenvalue weighted by Gasteiger charge is -2.10. The highest BCUT2D eigenvalue weighted by Gasteiger charge is 2.30. The molecule has 2 aromatic carbocycles. The number of rotatable bonds is 3. The topological polar surface area (TPSA) is 72.0 Å². The standard InChI is InChI=1S/C13H8F3N3O2S2/c14-13(15,16)8-1-3-9(4-2-8)19-23(20,21)10-5-6-11-12(7-10)18-22-17-11/h1-7,19H. The number of sulfonamides is 1. The van der Waals surface area contributed by atoms with Crippen molar-refractivity contribution in [3.05, 3.63) is 48.0 Å². The number of fused-ring (bicyclic) bond motifs is 1. The summed E-state index contributed by atoms with van der Waals surface area (Å²) in [5.74, 6) is 0. The third-order valence-electron chi connectivity index (χ3n) is 3.00. The van der Waals surface area contributed by atoms with Gasteiger partial charge in [-0.1, -0.05) is 0 Å². The molecule has 0 bridgehead atoms. The predicted octanol–water partition coefficient (Wildman–Crippen LogP) is 3.51. The second kappa shape index (κ2) is 5.46. The summed E-state index contributed by atoms with van der Waals surface area (Å²) in [6.45, 7) is 0. The van der Waals surface area contributed by atoms with Gasteiger partial charge in [0.05, 0.1) is 22.2 Å². The first-order chi connectivity index (χ1) is 10.8. The van der Waals surface area contributed by atoms with Gasteiger partial charge in [-0.3, -0.25) is 4.72 Å². The summed E-state index contributed by atoms with van der Waals surface area (Å²) < 4.78 is 72.2. The van der Waals surface area contributed by atoms with Crippen molar-refractivity contribution in [2.24, 2.45) is 0 Å². The Bertz CT molecular complexity index is 951. The average molecular weight is 359 g/mol. The van der Waals surface area contributed by atoms with Crippen LogP contribution in [0.15, 0.2) is 47.4 Å². The zero-order chi connectivity index (χ0) is 16.7. The van der Waals surface area contributed by atoms with Crippen molar-refractivity contribution < 1.29 is 21.6 Å². The second-order valence-corrected chi connectivity index (χ2v) is 6.81. The van der Waals surface area contributed by atoms with Crippen LogP contribution < -0.4 is 4.72 Å². The van der Waals surface area contributed by atoms with E-state index in [4.69, 9.17) is 0 Å². The van der Waals surface area contributed by atoms with E-state index in [2.05, 4.69) is 13.5 Å². The minimum absolute atomic E-state index is 0.0366. The fourth-order valence-corrected chi connectivity index (χ4v) is 3.47. The normalized spacial score (nSPS) is 12.5. The molecule has 0 aliphatic rings. The van der Waals surface area contributed by atoms with Crippen molar-refractivity contribution in [2.45, 2.75) is 11.1 Å². The van der Waals surface area contributed by atoms with Crippen molar-refractivity contribution in [3.8, 4) is 0 Å².